The lowest BCUT2D eigenvalue weighted by Crippen LogP contribution is -2.40. The quantitative estimate of drug-likeness (QED) is 0.668. The molecular weight excluding hydrogens is 392 g/mol. The summed E-state index contributed by atoms with van der Waals surface area (Å²) in [5.41, 5.74) is 0. The van der Waals surface area contributed by atoms with Gasteiger partial charge in [-0.05, 0) is 37.0 Å². The Morgan fingerprint density at radius 2 is 1.93 bits per heavy atom. The molecule has 0 aromatic heterocycles. The predicted molar refractivity (Wildman–Crippen MR) is 98.8 cm³/mol. The number of carbonyl (C=O) groups is 2. The van der Waals surface area contributed by atoms with Crippen LogP contribution in [0.5, 0.6) is 0 Å². The van der Waals surface area contributed by atoms with Gasteiger partial charge in [-0.3, -0.25) is 9.59 Å². The van der Waals surface area contributed by atoms with Gasteiger partial charge in [-0.15, -0.1) is 0 Å². The Hall–Kier alpha value is -2.07. The van der Waals surface area contributed by atoms with Crippen molar-refractivity contribution in [2.24, 2.45) is 5.92 Å². The van der Waals surface area contributed by atoms with Gasteiger partial charge in [-0.25, -0.2) is 21.9 Å². The fourth-order valence-electron chi connectivity index (χ4n) is 3.00. The summed E-state index contributed by atoms with van der Waals surface area (Å²) < 4.78 is 52.2. The number of nitrogens with zero attached hydrogens (tertiary/aromatic N) is 1. The Bertz CT molecular complexity index is 817. The van der Waals surface area contributed by atoms with Crippen molar-refractivity contribution >= 4 is 21.8 Å². The van der Waals surface area contributed by atoms with Gasteiger partial charge >= 0.3 is 0 Å². The number of amides is 2. The Labute approximate surface area is 163 Å². The zero-order valence-corrected chi connectivity index (χ0v) is 16.5. The topological polar surface area (TPSA) is 95.6 Å². The van der Waals surface area contributed by atoms with Crippen LogP contribution in [0.3, 0.4) is 0 Å². The van der Waals surface area contributed by atoms with E-state index in [-0.39, 0.29) is 31.8 Å². The lowest BCUT2D eigenvalue weighted by atomic mass is 10.00. The van der Waals surface area contributed by atoms with Gasteiger partial charge in [0.15, 0.2) is 11.6 Å². The number of nitrogens with one attached hydrogen (secondary N) is 2. The summed E-state index contributed by atoms with van der Waals surface area (Å²) in [6, 6.07) is 2.23. The van der Waals surface area contributed by atoms with E-state index in [4.69, 9.17) is 0 Å². The number of hydrogen-bond donors (Lipinski definition) is 2. The molecule has 1 aliphatic rings. The third kappa shape index (κ3) is 6.52. The van der Waals surface area contributed by atoms with E-state index in [2.05, 4.69) is 17.0 Å². The first-order valence-electron chi connectivity index (χ1n) is 9.18. The molecule has 1 atom stereocenters. The van der Waals surface area contributed by atoms with Gasteiger partial charge in [0.1, 0.15) is 0 Å². The van der Waals surface area contributed by atoms with Crippen molar-refractivity contribution in [3.63, 3.8) is 0 Å². The molecule has 2 amide bonds. The minimum atomic E-state index is -4.05. The fraction of sp³-hybridized carbons (Fsp3) is 0.556. The van der Waals surface area contributed by atoms with E-state index >= 15 is 0 Å². The van der Waals surface area contributed by atoms with Crippen LogP contribution >= 0.6 is 0 Å². The molecular formula is C18H25F2N3O4S. The van der Waals surface area contributed by atoms with E-state index in [1.54, 1.807) is 4.90 Å². The average molecular weight is 417 g/mol. The molecule has 1 saturated heterocycles. The van der Waals surface area contributed by atoms with Crippen LogP contribution in [0, 0.1) is 17.6 Å². The van der Waals surface area contributed by atoms with E-state index < -0.39 is 32.5 Å². The van der Waals surface area contributed by atoms with Crippen LogP contribution in [-0.2, 0) is 19.6 Å². The summed E-state index contributed by atoms with van der Waals surface area (Å²) in [7, 11) is -4.05. The summed E-state index contributed by atoms with van der Waals surface area (Å²) >= 11 is 0. The zero-order valence-electron chi connectivity index (χ0n) is 15.7. The highest BCUT2D eigenvalue weighted by Gasteiger charge is 2.21. The number of halogens is 2. The van der Waals surface area contributed by atoms with Crippen molar-refractivity contribution < 1.29 is 26.8 Å². The first-order chi connectivity index (χ1) is 13.2. The van der Waals surface area contributed by atoms with Crippen LogP contribution in [0.4, 0.5) is 8.78 Å². The highest BCUT2D eigenvalue weighted by atomic mass is 32.2. The summed E-state index contributed by atoms with van der Waals surface area (Å²) in [4.78, 5) is 25.3. The Balaban J connectivity index is 1.69. The van der Waals surface area contributed by atoms with E-state index in [0.29, 0.717) is 12.0 Å². The van der Waals surface area contributed by atoms with E-state index in [0.717, 1.165) is 38.1 Å². The number of sulfonamides is 1. The SMILES string of the molecule is CC1CCCN(C(=O)CCNC(=O)CCNS(=O)(=O)c2ccc(F)c(F)c2)C1. The molecule has 1 aliphatic heterocycles. The van der Waals surface area contributed by atoms with E-state index in [1.807, 2.05) is 0 Å². The van der Waals surface area contributed by atoms with Crippen LogP contribution in [0.15, 0.2) is 23.1 Å². The van der Waals surface area contributed by atoms with Crippen LogP contribution in [0.1, 0.15) is 32.6 Å². The van der Waals surface area contributed by atoms with Gasteiger partial charge in [-0.1, -0.05) is 6.92 Å². The molecule has 0 radical (unpaired) electrons. The van der Waals surface area contributed by atoms with Crippen molar-refractivity contribution in [3.8, 4) is 0 Å². The summed E-state index contributed by atoms with van der Waals surface area (Å²) in [5, 5.41) is 2.58. The number of carbonyl (C=O) groups excluding carboxylic acids is 2. The standard InChI is InChI=1S/C18H25F2N3O4S/c1-13-3-2-10-23(12-13)18(25)7-8-21-17(24)6-9-22-28(26,27)14-4-5-15(19)16(20)11-14/h4-5,11,13,22H,2-3,6-10,12H2,1H3,(H,21,24). The molecule has 1 aromatic carbocycles. The van der Waals surface area contributed by atoms with Crippen LogP contribution in [-0.4, -0.2) is 51.3 Å². The molecule has 156 valence electrons. The molecule has 1 heterocycles. The number of piperidine rings is 1. The molecule has 7 nitrogen and oxygen atoms in total. The van der Waals surface area contributed by atoms with Crippen LogP contribution < -0.4 is 10.0 Å². The van der Waals surface area contributed by atoms with Crippen molar-refractivity contribution in [1.82, 2.24) is 14.9 Å². The maximum Gasteiger partial charge on any atom is 0.240 e. The number of likely N-dealkylation sites (tertiary alicyclic amines) is 1. The van der Waals surface area contributed by atoms with Gasteiger partial charge in [-0.2, -0.15) is 0 Å². The number of rotatable bonds is 8. The Morgan fingerprint density at radius 1 is 1.18 bits per heavy atom. The average Bonchev–Trinajstić information content (AvgIpc) is 2.63. The zero-order chi connectivity index (χ0) is 20.7. The van der Waals surface area contributed by atoms with Gasteiger partial charge in [0.2, 0.25) is 21.8 Å². The first kappa shape index (κ1) is 22.2. The molecule has 0 saturated carbocycles. The van der Waals surface area contributed by atoms with E-state index in [1.165, 1.54) is 0 Å². The molecule has 0 bridgehead atoms. The molecule has 0 aliphatic carbocycles. The molecule has 28 heavy (non-hydrogen) atoms. The normalized spacial score (nSPS) is 17.4. The number of hydrogen-bond acceptors (Lipinski definition) is 4. The molecule has 10 heteroatoms. The minimum absolute atomic E-state index is 0.00844. The second kappa shape index (κ2) is 9.92. The minimum Gasteiger partial charge on any atom is -0.356 e. The molecule has 2 N–H and O–H groups in total. The fourth-order valence-corrected chi connectivity index (χ4v) is 4.04. The number of benzene rings is 1. The Kier molecular flexibility index (Phi) is 7.88. The maximum atomic E-state index is 13.2. The molecule has 2 rings (SSSR count). The Morgan fingerprint density at radius 3 is 2.61 bits per heavy atom. The monoisotopic (exact) mass is 417 g/mol. The van der Waals surface area contributed by atoms with Crippen LogP contribution in [0.2, 0.25) is 0 Å². The summed E-state index contributed by atoms with van der Waals surface area (Å²) in [5.74, 6) is -2.35. The molecule has 1 unspecified atom stereocenters. The van der Waals surface area contributed by atoms with Gasteiger partial charge in [0, 0.05) is 39.0 Å². The summed E-state index contributed by atoms with van der Waals surface area (Å²) in [6.45, 7) is 3.55. The molecule has 1 fully saturated rings. The van der Waals surface area contributed by atoms with Gasteiger partial charge in [0.05, 0.1) is 4.90 Å². The summed E-state index contributed by atoms with van der Waals surface area (Å²) in [6.07, 6.45) is 2.15. The third-order valence-electron chi connectivity index (χ3n) is 4.52. The predicted octanol–water partition coefficient (Wildman–Crippen LogP) is 1.40. The van der Waals surface area contributed by atoms with Gasteiger partial charge < -0.3 is 10.2 Å². The van der Waals surface area contributed by atoms with Crippen molar-refractivity contribution in [2.45, 2.75) is 37.5 Å². The third-order valence-corrected chi connectivity index (χ3v) is 5.97. The van der Waals surface area contributed by atoms with Crippen molar-refractivity contribution in [1.29, 1.82) is 0 Å². The molecule has 1 aromatic rings. The smallest absolute Gasteiger partial charge is 0.240 e. The second-order valence-electron chi connectivity index (χ2n) is 6.91. The highest BCUT2D eigenvalue weighted by molar-refractivity contribution is 7.89. The van der Waals surface area contributed by atoms with Crippen molar-refractivity contribution in [3.05, 3.63) is 29.8 Å². The van der Waals surface area contributed by atoms with Gasteiger partial charge in [0.25, 0.3) is 0 Å². The largest absolute Gasteiger partial charge is 0.356 e. The second-order valence-corrected chi connectivity index (χ2v) is 8.68. The van der Waals surface area contributed by atoms with Crippen LogP contribution in [0.25, 0.3) is 0 Å². The van der Waals surface area contributed by atoms with Crippen molar-refractivity contribution in [2.75, 3.05) is 26.2 Å². The highest BCUT2D eigenvalue weighted by Crippen LogP contribution is 2.16. The lowest BCUT2D eigenvalue weighted by molar-refractivity contribution is -0.132. The maximum absolute atomic E-state index is 13.2. The first-order valence-corrected chi connectivity index (χ1v) is 10.7. The van der Waals surface area contributed by atoms with E-state index in [9.17, 15) is 26.8 Å². The lowest BCUT2D eigenvalue weighted by Gasteiger charge is -2.31. The molecule has 0 spiro atoms.